The highest BCUT2D eigenvalue weighted by Crippen LogP contribution is 2.16. The van der Waals surface area contributed by atoms with Crippen LogP contribution < -0.4 is 0 Å². The van der Waals surface area contributed by atoms with Gasteiger partial charge in [-0.1, -0.05) is 35.0 Å². The predicted octanol–water partition coefficient (Wildman–Crippen LogP) is 2.80. The van der Waals surface area contributed by atoms with E-state index in [1.807, 2.05) is 12.1 Å². The van der Waals surface area contributed by atoms with E-state index in [9.17, 15) is 4.79 Å². The summed E-state index contributed by atoms with van der Waals surface area (Å²) in [6.07, 6.45) is 1.46. The van der Waals surface area contributed by atoms with Gasteiger partial charge < -0.3 is 9.94 Å². The zero-order valence-corrected chi connectivity index (χ0v) is 10.4. The first-order valence-electron chi connectivity index (χ1n) is 5.07. The molecule has 0 bridgehead atoms. The average Bonchev–Trinajstić information content (AvgIpc) is 2.26. The Morgan fingerprint density at radius 3 is 2.76 bits per heavy atom. The molecule has 0 aliphatic carbocycles. The molecule has 1 N–H and O–H groups in total. The van der Waals surface area contributed by atoms with Crippen molar-refractivity contribution in [2.75, 3.05) is 6.61 Å². The minimum Gasteiger partial charge on any atom is -0.481 e. The summed E-state index contributed by atoms with van der Waals surface area (Å²) >= 11 is 5.90. The van der Waals surface area contributed by atoms with E-state index in [1.54, 1.807) is 26.0 Å². The van der Waals surface area contributed by atoms with E-state index in [2.05, 4.69) is 5.16 Å². The molecule has 0 heterocycles. The number of carboxylic acids is 1. The van der Waals surface area contributed by atoms with E-state index in [1.165, 1.54) is 6.21 Å². The molecule has 92 valence electrons. The van der Waals surface area contributed by atoms with Gasteiger partial charge in [-0.3, -0.25) is 4.79 Å². The third-order valence-corrected chi connectivity index (χ3v) is 2.52. The summed E-state index contributed by atoms with van der Waals surface area (Å²) in [5.74, 6) is -0.926. The molecular formula is C12H14ClNO3. The topological polar surface area (TPSA) is 58.9 Å². The summed E-state index contributed by atoms with van der Waals surface area (Å²) in [5, 5.41) is 13.1. The summed E-state index contributed by atoms with van der Waals surface area (Å²) in [5.41, 5.74) is -0.236. The molecule has 0 aliphatic rings. The summed E-state index contributed by atoms with van der Waals surface area (Å²) in [4.78, 5) is 15.7. The van der Waals surface area contributed by atoms with Crippen molar-refractivity contribution in [3.05, 3.63) is 34.9 Å². The fourth-order valence-corrected chi connectivity index (χ4v) is 1.12. The van der Waals surface area contributed by atoms with Gasteiger partial charge >= 0.3 is 5.97 Å². The zero-order chi connectivity index (χ0) is 12.9. The SMILES string of the molecule is CC(C)(CON=Cc1ccccc1Cl)C(=O)O. The Kier molecular flexibility index (Phi) is 4.52. The van der Waals surface area contributed by atoms with Crippen LogP contribution in [0.5, 0.6) is 0 Å². The Morgan fingerprint density at radius 1 is 1.53 bits per heavy atom. The van der Waals surface area contributed by atoms with Crippen LogP contribution in [0.2, 0.25) is 5.02 Å². The molecule has 0 fully saturated rings. The summed E-state index contributed by atoms with van der Waals surface area (Å²) in [6, 6.07) is 7.17. The fraction of sp³-hybridized carbons (Fsp3) is 0.333. The highest BCUT2D eigenvalue weighted by atomic mass is 35.5. The number of aliphatic carboxylic acids is 1. The second-order valence-corrected chi connectivity index (χ2v) is 4.63. The largest absolute Gasteiger partial charge is 0.481 e. The maximum absolute atomic E-state index is 10.8. The lowest BCUT2D eigenvalue weighted by Crippen LogP contribution is -2.28. The molecule has 0 saturated heterocycles. The molecule has 5 heteroatoms. The molecular weight excluding hydrogens is 242 g/mol. The van der Waals surface area contributed by atoms with Crippen LogP contribution >= 0.6 is 11.6 Å². The van der Waals surface area contributed by atoms with Crippen molar-refractivity contribution in [3.63, 3.8) is 0 Å². The Hall–Kier alpha value is -1.55. The fourth-order valence-electron chi connectivity index (χ4n) is 0.934. The Balaban J connectivity index is 2.52. The molecule has 17 heavy (non-hydrogen) atoms. The summed E-state index contributed by atoms with van der Waals surface area (Å²) < 4.78 is 0. The first-order valence-corrected chi connectivity index (χ1v) is 5.44. The van der Waals surface area contributed by atoms with Gasteiger partial charge in [-0.15, -0.1) is 0 Å². The number of carbonyl (C=O) groups is 1. The van der Waals surface area contributed by atoms with Crippen molar-refractivity contribution >= 4 is 23.8 Å². The monoisotopic (exact) mass is 255 g/mol. The van der Waals surface area contributed by atoms with Crippen LogP contribution in [0.15, 0.2) is 29.4 Å². The van der Waals surface area contributed by atoms with E-state index < -0.39 is 11.4 Å². The standard InChI is InChI=1S/C12H14ClNO3/c1-12(2,11(15)16)8-17-14-7-9-5-3-4-6-10(9)13/h3-7H,8H2,1-2H3,(H,15,16). The first kappa shape index (κ1) is 13.5. The molecule has 0 aliphatic heterocycles. The zero-order valence-electron chi connectivity index (χ0n) is 9.68. The van der Waals surface area contributed by atoms with Gasteiger partial charge in [0.2, 0.25) is 0 Å². The van der Waals surface area contributed by atoms with Gasteiger partial charge in [-0.25, -0.2) is 0 Å². The number of carboxylic acid groups (broad SMARTS) is 1. The van der Waals surface area contributed by atoms with Gasteiger partial charge in [0.1, 0.15) is 6.61 Å². The molecule has 0 saturated carbocycles. The second-order valence-electron chi connectivity index (χ2n) is 4.22. The molecule has 0 spiro atoms. The predicted molar refractivity (Wildman–Crippen MR) is 66.4 cm³/mol. The molecule has 4 nitrogen and oxygen atoms in total. The van der Waals surface area contributed by atoms with Crippen LogP contribution in [0.25, 0.3) is 0 Å². The highest BCUT2D eigenvalue weighted by Gasteiger charge is 2.28. The van der Waals surface area contributed by atoms with E-state index in [0.717, 1.165) is 5.56 Å². The van der Waals surface area contributed by atoms with Crippen molar-refractivity contribution in [1.29, 1.82) is 0 Å². The molecule has 1 aromatic rings. The number of oxime groups is 1. The van der Waals surface area contributed by atoms with E-state index >= 15 is 0 Å². The lowest BCUT2D eigenvalue weighted by molar-refractivity contribution is -0.150. The Morgan fingerprint density at radius 2 is 2.18 bits per heavy atom. The van der Waals surface area contributed by atoms with Crippen LogP contribution in [0.4, 0.5) is 0 Å². The number of hydrogen-bond donors (Lipinski definition) is 1. The summed E-state index contributed by atoms with van der Waals surface area (Å²) in [7, 11) is 0. The Labute approximate surface area is 105 Å². The molecule has 0 atom stereocenters. The lowest BCUT2D eigenvalue weighted by atomic mass is 9.96. The van der Waals surface area contributed by atoms with Gasteiger partial charge in [-0.2, -0.15) is 0 Å². The molecule has 0 aromatic heterocycles. The number of rotatable bonds is 5. The van der Waals surface area contributed by atoms with E-state index in [4.69, 9.17) is 21.5 Å². The molecule has 1 rings (SSSR count). The van der Waals surface area contributed by atoms with Gasteiger partial charge in [-0.05, 0) is 19.9 Å². The van der Waals surface area contributed by atoms with Gasteiger partial charge in [0, 0.05) is 10.6 Å². The lowest BCUT2D eigenvalue weighted by Gasteiger charge is -2.16. The third kappa shape index (κ3) is 4.07. The van der Waals surface area contributed by atoms with Crippen molar-refractivity contribution in [2.45, 2.75) is 13.8 Å². The maximum atomic E-state index is 10.8. The van der Waals surface area contributed by atoms with Crippen LogP contribution in [-0.2, 0) is 9.63 Å². The van der Waals surface area contributed by atoms with Crippen LogP contribution in [0, 0.1) is 5.41 Å². The van der Waals surface area contributed by atoms with Gasteiger partial charge in [0.05, 0.1) is 11.6 Å². The van der Waals surface area contributed by atoms with E-state index in [-0.39, 0.29) is 6.61 Å². The quantitative estimate of drug-likeness (QED) is 0.650. The van der Waals surface area contributed by atoms with Crippen molar-refractivity contribution in [3.8, 4) is 0 Å². The molecule has 0 unspecified atom stereocenters. The minimum atomic E-state index is -0.960. The van der Waals surface area contributed by atoms with E-state index in [0.29, 0.717) is 5.02 Å². The summed E-state index contributed by atoms with van der Waals surface area (Å²) in [6.45, 7) is 3.14. The van der Waals surface area contributed by atoms with Crippen molar-refractivity contribution < 1.29 is 14.7 Å². The number of hydrogen-bond acceptors (Lipinski definition) is 3. The normalized spacial score (nSPS) is 11.7. The molecule has 0 radical (unpaired) electrons. The number of halogens is 1. The second kappa shape index (κ2) is 5.68. The smallest absolute Gasteiger partial charge is 0.312 e. The van der Waals surface area contributed by atoms with Crippen molar-refractivity contribution in [1.82, 2.24) is 0 Å². The van der Waals surface area contributed by atoms with Crippen LogP contribution in [0.1, 0.15) is 19.4 Å². The third-order valence-electron chi connectivity index (χ3n) is 2.18. The maximum Gasteiger partial charge on any atom is 0.312 e. The molecule has 1 aromatic carbocycles. The van der Waals surface area contributed by atoms with Gasteiger partial charge in [0.15, 0.2) is 0 Å². The minimum absolute atomic E-state index is 0.00326. The highest BCUT2D eigenvalue weighted by molar-refractivity contribution is 6.33. The number of benzene rings is 1. The van der Waals surface area contributed by atoms with Gasteiger partial charge in [0.25, 0.3) is 0 Å². The van der Waals surface area contributed by atoms with Crippen LogP contribution in [-0.4, -0.2) is 23.9 Å². The first-order chi connectivity index (χ1) is 7.93. The Bertz CT molecular complexity index is 430. The molecule has 0 amide bonds. The van der Waals surface area contributed by atoms with Crippen LogP contribution in [0.3, 0.4) is 0 Å². The van der Waals surface area contributed by atoms with Crippen molar-refractivity contribution in [2.24, 2.45) is 10.6 Å². The average molecular weight is 256 g/mol. The number of nitrogens with zero attached hydrogens (tertiary/aromatic N) is 1.